The van der Waals surface area contributed by atoms with Crippen LogP contribution in [-0.4, -0.2) is 22.2 Å². The molecule has 4 nitrogen and oxygen atoms in total. The predicted molar refractivity (Wildman–Crippen MR) is 149 cm³/mol. The molecule has 35 heavy (non-hydrogen) atoms. The van der Waals surface area contributed by atoms with Gasteiger partial charge in [0.05, 0.1) is 0 Å². The normalized spacial score (nSPS) is 15.9. The van der Waals surface area contributed by atoms with Crippen LogP contribution in [0.25, 0.3) is 0 Å². The van der Waals surface area contributed by atoms with E-state index in [1.54, 1.807) is 0 Å². The zero-order valence-electron chi connectivity index (χ0n) is 24.1. The maximum Gasteiger partial charge on any atom is 0.303 e. The molecule has 0 rings (SSSR count). The number of carboxylic acid groups (broad SMARTS) is 2. The number of hydrogen-bond acceptors (Lipinski definition) is 2. The van der Waals surface area contributed by atoms with Gasteiger partial charge in [0.15, 0.2) is 0 Å². The number of unbranched alkanes of at least 4 members (excludes halogenated alkanes) is 8. The van der Waals surface area contributed by atoms with Crippen molar-refractivity contribution in [1.29, 1.82) is 0 Å². The fourth-order valence-electron chi connectivity index (χ4n) is 6.08. The Hall–Kier alpha value is -1.06. The standard InChI is InChI=1S/C31H60O4/c1-6-10-19-26(8-3)24-31(5,25-27(9-4)20-11-7-2)28(23-30(34)35)21-17-15-13-12-14-16-18-22-29(32)33/h26-28H,6-25H2,1-5H3,(H,32,33)(H,34,35). The van der Waals surface area contributed by atoms with E-state index in [2.05, 4.69) is 34.6 Å². The second-order valence-electron chi connectivity index (χ2n) is 11.6. The molecule has 0 aromatic rings. The first-order chi connectivity index (χ1) is 16.7. The molecular weight excluding hydrogens is 436 g/mol. The van der Waals surface area contributed by atoms with Gasteiger partial charge in [-0.25, -0.2) is 0 Å². The van der Waals surface area contributed by atoms with Crippen molar-refractivity contribution in [3.05, 3.63) is 0 Å². The first-order valence-electron chi connectivity index (χ1n) is 15.2. The van der Waals surface area contributed by atoms with Crippen LogP contribution in [0.3, 0.4) is 0 Å². The molecule has 3 unspecified atom stereocenters. The molecule has 2 N–H and O–H groups in total. The number of carboxylic acids is 2. The van der Waals surface area contributed by atoms with Crippen LogP contribution < -0.4 is 0 Å². The first-order valence-corrected chi connectivity index (χ1v) is 15.2. The van der Waals surface area contributed by atoms with E-state index in [1.165, 1.54) is 70.6 Å². The molecule has 3 atom stereocenters. The monoisotopic (exact) mass is 496 g/mol. The molecule has 0 radical (unpaired) electrons. The van der Waals surface area contributed by atoms with Crippen LogP contribution in [0.2, 0.25) is 0 Å². The minimum absolute atomic E-state index is 0.0953. The topological polar surface area (TPSA) is 74.6 Å². The number of rotatable bonds is 25. The first kappa shape index (κ1) is 33.9. The molecule has 0 heterocycles. The highest BCUT2D eigenvalue weighted by molar-refractivity contribution is 5.67. The second kappa shape index (κ2) is 21.1. The third-order valence-corrected chi connectivity index (χ3v) is 8.45. The van der Waals surface area contributed by atoms with Crippen LogP contribution in [0.1, 0.15) is 163 Å². The van der Waals surface area contributed by atoms with Crippen LogP contribution in [0.4, 0.5) is 0 Å². The summed E-state index contributed by atoms with van der Waals surface area (Å²) in [5, 5.41) is 18.6. The van der Waals surface area contributed by atoms with Gasteiger partial charge in [0, 0.05) is 12.8 Å². The maximum atomic E-state index is 12.0. The Morgan fingerprint density at radius 3 is 1.49 bits per heavy atom. The Balaban J connectivity index is 5.17. The van der Waals surface area contributed by atoms with E-state index < -0.39 is 11.9 Å². The largest absolute Gasteiger partial charge is 0.481 e. The number of aliphatic carboxylic acids is 2. The average molecular weight is 497 g/mol. The van der Waals surface area contributed by atoms with Crippen molar-refractivity contribution in [1.82, 2.24) is 0 Å². The van der Waals surface area contributed by atoms with E-state index in [4.69, 9.17) is 5.11 Å². The van der Waals surface area contributed by atoms with Crippen molar-refractivity contribution < 1.29 is 19.8 Å². The lowest BCUT2D eigenvalue weighted by Gasteiger charge is -2.42. The van der Waals surface area contributed by atoms with E-state index in [0.717, 1.165) is 44.9 Å². The van der Waals surface area contributed by atoms with Crippen LogP contribution in [0.5, 0.6) is 0 Å². The molecule has 0 saturated heterocycles. The van der Waals surface area contributed by atoms with Crippen molar-refractivity contribution in [2.75, 3.05) is 0 Å². The van der Waals surface area contributed by atoms with E-state index >= 15 is 0 Å². The van der Waals surface area contributed by atoms with Gasteiger partial charge in [0.25, 0.3) is 0 Å². The molecule has 0 aromatic carbocycles. The van der Waals surface area contributed by atoms with Crippen LogP contribution in [0, 0.1) is 23.2 Å². The summed E-state index contributed by atoms with van der Waals surface area (Å²) in [6.45, 7) is 11.6. The van der Waals surface area contributed by atoms with E-state index in [9.17, 15) is 14.7 Å². The minimum atomic E-state index is -0.697. The molecule has 0 aliphatic rings. The van der Waals surface area contributed by atoms with E-state index in [0.29, 0.717) is 18.3 Å². The summed E-state index contributed by atoms with van der Waals surface area (Å²) >= 11 is 0. The van der Waals surface area contributed by atoms with Gasteiger partial charge in [-0.2, -0.15) is 0 Å². The Morgan fingerprint density at radius 2 is 1.09 bits per heavy atom. The molecule has 0 fully saturated rings. The summed E-state index contributed by atoms with van der Waals surface area (Å²) in [6.07, 6.45) is 21.4. The fraction of sp³-hybridized carbons (Fsp3) is 0.935. The zero-order valence-corrected chi connectivity index (χ0v) is 24.1. The van der Waals surface area contributed by atoms with Gasteiger partial charge in [-0.1, -0.05) is 125 Å². The summed E-state index contributed by atoms with van der Waals surface area (Å²) in [7, 11) is 0. The number of carbonyl (C=O) groups is 2. The van der Waals surface area contributed by atoms with Gasteiger partial charge in [-0.3, -0.25) is 9.59 Å². The summed E-state index contributed by atoms with van der Waals surface area (Å²) in [4.78, 5) is 22.6. The molecule has 0 amide bonds. The van der Waals surface area contributed by atoms with Crippen LogP contribution in [-0.2, 0) is 9.59 Å². The fourth-order valence-corrected chi connectivity index (χ4v) is 6.08. The number of hydrogen-bond donors (Lipinski definition) is 2. The van der Waals surface area contributed by atoms with Crippen molar-refractivity contribution >= 4 is 11.9 Å². The smallest absolute Gasteiger partial charge is 0.303 e. The predicted octanol–water partition coefficient (Wildman–Crippen LogP) is 9.89. The molecule has 0 aliphatic heterocycles. The molecule has 0 spiro atoms. The summed E-state index contributed by atoms with van der Waals surface area (Å²) in [5.74, 6) is 0.318. The van der Waals surface area contributed by atoms with Crippen LogP contribution >= 0.6 is 0 Å². The minimum Gasteiger partial charge on any atom is -0.481 e. The Labute approximate surface area is 218 Å². The second-order valence-corrected chi connectivity index (χ2v) is 11.6. The van der Waals surface area contributed by atoms with Gasteiger partial charge >= 0.3 is 11.9 Å². The zero-order chi connectivity index (χ0) is 26.5. The molecule has 0 aromatic heterocycles. The van der Waals surface area contributed by atoms with Crippen molar-refractivity contribution in [3.63, 3.8) is 0 Å². The van der Waals surface area contributed by atoms with E-state index in [1.807, 2.05) is 0 Å². The summed E-state index contributed by atoms with van der Waals surface area (Å²) in [5.41, 5.74) is 0.0953. The summed E-state index contributed by atoms with van der Waals surface area (Å²) in [6, 6.07) is 0. The maximum absolute atomic E-state index is 12.0. The van der Waals surface area contributed by atoms with Gasteiger partial charge in [-0.15, -0.1) is 0 Å². The van der Waals surface area contributed by atoms with Gasteiger partial charge in [0.1, 0.15) is 0 Å². The Kier molecular flexibility index (Phi) is 20.4. The van der Waals surface area contributed by atoms with Gasteiger partial charge < -0.3 is 10.2 Å². The molecule has 4 heteroatoms. The molecule has 0 aliphatic carbocycles. The molecule has 208 valence electrons. The average Bonchev–Trinajstić information content (AvgIpc) is 2.82. The van der Waals surface area contributed by atoms with Gasteiger partial charge in [-0.05, 0) is 48.9 Å². The molecule has 0 saturated carbocycles. The lowest BCUT2D eigenvalue weighted by Crippen LogP contribution is -2.34. The highest BCUT2D eigenvalue weighted by Gasteiger charge is 2.38. The van der Waals surface area contributed by atoms with Gasteiger partial charge in [0.2, 0.25) is 0 Å². The highest BCUT2D eigenvalue weighted by Crippen LogP contribution is 2.47. The summed E-state index contributed by atoms with van der Waals surface area (Å²) < 4.78 is 0. The third kappa shape index (κ3) is 17.1. The SMILES string of the molecule is CCCCC(CC)CC(C)(CC(CC)CCCC)C(CCCCCCCCCC(=O)O)CC(=O)O. The third-order valence-electron chi connectivity index (χ3n) is 8.45. The lowest BCUT2D eigenvalue weighted by molar-refractivity contribution is -0.140. The Morgan fingerprint density at radius 1 is 0.629 bits per heavy atom. The molecule has 0 bridgehead atoms. The highest BCUT2D eigenvalue weighted by atomic mass is 16.4. The lowest BCUT2D eigenvalue weighted by atomic mass is 9.62. The van der Waals surface area contributed by atoms with Crippen molar-refractivity contribution in [2.24, 2.45) is 23.2 Å². The van der Waals surface area contributed by atoms with Crippen LogP contribution in [0.15, 0.2) is 0 Å². The molecular formula is C31H60O4. The Bertz CT molecular complexity index is 512. The van der Waals surface area contributed by atoms with E-state index in [-0.39, 0.29) is 17.8 Å². The van der Waals surface area contributed by atoms with Crippen molar-refractivity contribution in [2.45, 2.75) is 163 Å². The van der Waals surface area contributed by atoms with Crippen molar-refractivity contribution in [3.8, 4) is 0 Å². The quantitative estimate of drug-likeness (QED) is 0.123.